The smallest absolute Gasteiger partial charge is 0.336 e. The van der Waals surface area contributed by atoms with Gasteiger partial charge in [0.1, 0.15) is 18.0 Å². The zero-order valence-electron chi connectivity index (χ0n) is 14.5. The Labute approximate surface area is 150 Å². The van der Waals surface area contributed by atoms with Crippen LogP contribution in [0.25, 0.3) is 11.0 Å². The summed E-state index contributed by atoms with van der Waals surface area (Å²) in [5, 5.41) is 0.758. The van der Waals surface area contributed by atoms with Gasteiger partial charge in [0.05, 0.1) is 0 Å². The van der Waals surface area contributed by atoms with Crippen LogP contribution < -0.4 is 5.63 Å². The number of hydrogen-bond donors (Lipinski definition) is 0. The highest BCUT2D eigenvalue weighted by atomic mass is 19.1. The number of ether oxygens (including phenoxy) is 1. The Balaban J connectivity index is 1.66. The Bertz CT molecular complexity index is 973. The number of carbonyl (C=O) groups excluding carboxylic acids is 1. The lowest BCUT2D eigenvalue weighted by molar-refractivity contribution is -0.144. The molecule has 134 valence electrons. The number of aryl methyl sites for hydroxylation is 2. The molecule has 0 atom stereocenters. The van der Waals surface area contributed by atoms with E-state index < -0.39 is 5.63 Å². The monoisotopic (exact) mass is 354 g/mol. The van der Waals surface area contributed by atoms with E-state index in [4.69, 9.17) is 9.15 Å². The number of esters is 1. The lowest BCUT2D eigenvalue weighted by Crippen LogP contribution is -2.08. The first-order valence-corrected chi connectivity index (χ1v) is 8.51. The third-order valence-corrected chi connectivity index (χ3v) is 4.22. The Morgan fingerprint density at radius 2 is 1.81 bits per heavy atom. The molecule has 0 aliphatic heterocycles. The summed E-state index contributed by atoms with van der Waals surface area (Å²) in [6.07, 6.45) is 1.49. The van der Waals surface area contributed by atoms with Gasteiger partial charge in [0.2, 0.25) is 0 Å². The van der Waals surface area contributed by atoms with Gasteiger partial charge in [0.15, 0.2) is 0 Å². The molecule has 5 heteroatoms. The van der Waals surface area contributed by atoms with Gasteiger partial charge in [-0.3, -0.25) is 4.79 Å². The van der Waals surface area contributed by atoms with E-state index in [0.29, 0.717) is 17.6 Å². The molecule has 0 fully saturated rings. The summed E-state index contributed by atoms with van der Waals surface area (Å²) in [7, 11) is 0. The minimum Gasteiger partial charge on any atom is -0.461 e. The molecule has 26 heavy (non-hydrogen) atoms. The van der Waals surface area contributed by atoms with Crippen molar-refractivity contribution in [2.45, 2.75) is 32.8 Å². The van der Waals surface area contributed by atoms with Crippen molar-refractivity contribution < 1.29 is 18.3 Å². The molecule has 0 N–H and O–H groups in total. The van der Waals surface area contributed by atoms with E-state index in [1.165, 1.54) is 18.2 Å². The second kappa shape index (κ2) is 7.95. The summed E-state index contributed by atoms with van der Waals surface area (Å²) in [6.45, 7) is 2.03. The standard InChI is InChI=1S/C21H19FO4/c1-2-14-5-9-18-16(12-21(24)26-19(18)11-14)13-25-20(23)10-6-15-3-7-17(22)8-4-15/h3-5,7-9,11-12H,2,6,10,13H2,1H3. The van der Waals surface area contributed by atoms with Crippen LogP contribution in [-0.2, 0) is 29.0 Å². The predicted molar refractivity (Wildman–Crippen MR) is 96.4 cm³/mol. The maximum atomic E-state index is 12.9. The van der Waals surface area contributed by atoms with E-state index in [2.05, 4.69) is 0 Å². The molecule has 0 spiro atoms. The van der Waals surface area contributed by atoms with Crippen molar-refractivity contribution in [3.63, 3.8) is 0 Å². The van der Waals surface area contributed by atoms with Crippen molar-refractivity contribution in [1.82, 2.24) is 0 Å². The van der Waals surface area contributed by atoms with Crippen LogP contribution in [0.15, 0.2) is 57.7 Å². The average molecular weight is 354 g/mol. The lowest BCUT2D eigenvalue weighted by Gasteiger charge is -2.08. The molecule has 0 amide bonds. The molecule has 0 unspecified atom stereocenters. The molecular formula is C21H19FO4. The summed E-state index contributed by atoms with van der Waals surface area (Å²) in [5.74, 6) is -0.682. The summed E-state index contributed by atoms with van der Waals surface area (Å²) in [4.78, 5) is 23.7. The number of carbonyl (C=O) groups is 1. The van der Waals surface area contributed by atoms with Crippen molar-refractivity contribution in [2.24, 2.45) is 0 Å². The summed E-state index contributed by atoms with van der Waals surface area (Å²) in [6, 6.07) is 13.0. The lowest BCUT2D eigenvalue weighted by atomic mass is 10.1. The number of fused-ring (bicyclic) bond motifs is 1. The van der Waals surface area contributed by atoms with Gasteiger partial charge in [-0.15, -0.1) is 0 Å². The fraction of sp³-hybridized carbons (Fsp3) is 0.238. The molecule has 0 saturated heterocycles. The van der Waals surface area contributed by atoms with Crippen molar-refractivity contribution in [2.75, 3.05) is 0 Å². The Morgan fingerprint density at radius 1 is 1.08 bits per heavy atom. The van der Waals surface area contributed by atoms with Crippen LogP contribution >= 0.6 is 0 Å². The van der Waals surface area contributed by atoms with Gasteiger partial charge in [-0.2, -0.15) is 0 Å². The van der Waals surface area contributed by atoms with Crippen LogP contribution in [0, 0.1) is 5.82 Å². The van der Waals surface area contributed by atoms with Gasteiger partial charge in [0.25, 0.3) is 0 Å². The predicted octanol–water partition coefficient (Wildman–Crippen LogP) is 4.17. The topological polar surface area (TPSA) is 56.5 Å². The number of halogens is 1. The normalized spacial score (nSPS) is 10.8. The SMILES string of the molecule is CCc1ccc2c(COC(=O)CCc3ccc(F)cc3)cc(=O)oc2c1. The fourth-order valence-electron chi connectivity index (χ4n) is 2.74. The number of hydrogen-bond acceptors (Lipinski definition) is 4. The van der Waals surface area contributed by atoms with E-state index in [1.54, 1.807) is 12.1 Å². The van der Waals surface area contributed by atoms with Gasteiger partial charge >= 0.3 is 11.6 Å². The van der Waals surface area contributed by atoms with E-state index in [1.807, 2.05) is 25.1 Å². The molecular weight excluding hydrogens is 335 g/mol. The van der Waals surface area contributed by atoms with Crippen LogP contribution in [-0.4, -0.2) is 5.97 Å². The Hall–Kier alpha value is -2.95. The summed E-state index contributed by atoms with van der Waals surface area (Å²) < 4.78 is 23.4. The number of benzene rings is 2. The van der Waals surface area contributed by atoms with E-state index in [-0.39, 0.29) is 24.8 Å². The Kier molecular flexibility index (Phi) is 5.46. The van der Waals surface area contributed by atoms with Crippen molar-refractivity contribution in [3.8, 4) is 0 Å². The molecule has 3 aromatic rings. The summed E-state index contributed by atoms with van der Waals surface area (Å²) in [5.41, 5.74) is 2.57. The maximum Gasteiger partial charge on any atom is 0.336 e. The maximum absolute atomic E-state index is 12.9. The molecule has 3 rings (SSSR count). The van der Waals surface area contributed by atoms with Gasteiger partial charge in [-0.25, -0.2) is 9.18 Å². The van der Waals surface area contributed by atoms with Gasteiger partial charge < -0.3 is 9.15 Å². The van der Waals surface area contributed by atoms with Crippen molar-refractivity contribution in [3.05, 3.63) is 81.5 Å². The molecule has 1 aromatic heterocycles. The van der Waals surface area contributed by atoms with Crippen LogP contribution in [0.1, 0.15) is 30.0 Å². The number of rotatable bonds is 6. The van der Waals surface area contributed by atoms with Crippen LogP contribution in [0.5, 0.6) is 0 Å². The van der Waals surface area contributed by atoms with Crippen LogP contribution in [0.3, 0.4) is 0 Å². The first-order valence-electron chi connectivity index (χ1n) is 8.51. The zero-order valence-corrected chi connectivity index (χ0v) is 14.5. The molecule has 4 nitrogen and oxygen atoms in total. The fourth-order valence-corrected chi connectivity index (χ4v) is 2.74. The molecule has 0 aliphatic carbocycles. The van der Waals surface area contributed by atoms with E-state index >= 15 is 0 Å². The van der Waals surface area contributed by atoms with E-state index in [9.17, 15) is 14.0 Å². The first-order chi connectivity index (χ1) is 12.5. The van der Waals surface area contributed by atoms with Crippen LogP contribution in [0.4, 0.5) is 4.39 Å². The third kappa shape index (κ3) is 4.36. The summed E-state index contributed by atoms with van der Waals surface area (Å²) >= 11 is 0. The second-order valence-electron chi connectivity index (χ2n) is 6.06. The highest BCUT2D eigenvalue weighted by Crippen LogP contribution is 2.20. The Morgan fingerprint density at radius 3 is 2.54 bits per heavy atom. The van der Waals surface area contributed by atoms with Gasteiger partial charge in [-0.1, -0.05) is 31.2 Å². The third-order valence-electron chi connectivity index (χ3n) is 4.22. The molecule has 0 bridgehead atoms. The first kappa shape index (κ1) is 17.9. The highest BCUT2D eigenvalue weighted by Gasteiger charge is 2.10. The highest BCUT2D eigenvalue weighted by molar-refractivity contribution is 5.81. The minimum atomic E-state index is -0.469. The molecule has 0 radical (unpaired) electrons. The molecule has 1 heterocycles. The molecule has 2 aromatic carbocycles. The molecule has 0 saturated carbocycles. The average Bonchev–Trinajstić information content (AvgIpc) is 2.64. The minimum absolute atomic E-state index is 0.00974. The van der Waals surface area contributed by atoms with Gasteiger partial charge in [-0.05, 0) is 42.2 Å². The van der Waals surface area contributed by atoms with Gasteiger partial charge in [0, 0.05) is 23.4 Å². The van der Waals surface area contributed by atoms with Crippen LogP contribution in [0.2, 0.25) is 0 Å². The quantitative estimate of drug-likeness (QED) is 0.492. The van der Waals surface area contributed by atoms with Crippen molar-refractivity contribution in [1.29, 1.82) is 0 Å². The van der Waals surface area contributed by atoms with Crippen molar-refractivity contribution >= 4 is 16.9 Å². The molecule has 0 aliphatic rings. The second-order valence-corrected chi connectivity index (χ2v) is 6.06. The van der Waals surface area contributed by atoms with E-state index in [0.717, 1.165) is 22.9 Å². The largest absolute Gasteiger partial charge is 0.461 e. The zero-order chi connectivity index (χ0) is 18.5.